The summed E-state index contributed by atoms with van der Waals surface area (Å²) in [6, 6.07) is 0. The van der Waals surface area contributed by atoms with E-state index in [4.69, 9.17) is 0 Å². The highest BCUT2D eigenvalue weighted by Gasteiger charge is 2.12. The van der Waals surface area contributed by atoms with Crippen LogP contribution < -0.4 is 0 Å². The van der Waals surface area contributed by atoms with Gasteiger partial charge < -0.3 is 0 Å². The van der Waals surface area contributed by atoms with Gasteiger partial charge in [0.15, 0.2) is 0 Å². The molecule has 0 heterocycles. The van der Waals surface area contributed by atoms with Crippen molar-refractivity contribution >= 4 is 0 Å². The Hall–Kier alpha value is -0.440. The predicted molar refractivity (Wildman–Crippen MR) is 71.6 cm³/mol. The second kappa shape index (κ2) is 39.0. The molecule has 0 unspecified atom stereocenters. The second-order valence-corrected chi connectivity index (χ2v) is 2.68. The minimum absolute atomic E-state index is 1.08. The van der Waals surface area contributed by atoms with Gasteiger partial charge >= 0.3 is 0 Å². The van der Waals surface area contributed by atoms with Crippen LogP contribution in [0.3, 0.4) is 0 Å². The first-order valence-electron chi connectivity index (χ1n) is 6.10. The topological polar surface area (TPSA) is 0 Å². The maximum absolute atomic E-state index is 4.60. The average molecular weight is 200 g/mol. The molecule has 0 N–H and O–H groups in total. The van der Waals surface area contributed by atoms with Crippen LogP contribution in [-0.4, -0.2) is 0 Å². The van der Waals surface area contributed by atoms with E-state index in [9.17, 15) is 0 Å². The zero-order valence-corrected chi connectivity index (χ0v) is 11.8. The third-order valence-electron chi connectivity index (χ3n) is 0.866. The molecule has 1 fully saturated rings. The fraction of sp³-hybridized carbons (Fsp3) is 0.857. The normalized spacial score (nSPS) is 10.2. The van der Waals surface area contributed by atoms with Gasteiger partial charge in [-0.05, 0) is 12.8 Å². The van der Waals surface area contributed by atoms with E-state index in [0.717, 1.165) is 5.92 Å². The van der Waals surface area contributed by atoms with Crippen molar-refractivity contribution in [2.75, 3.05) is 0 Å². The second-order valence-electron chi connectivity index (χ2n) is 2.68. The summed E-state index contributed by atoms with van der Waals surface area (Å²) in [7, 11) is 0. The van der Waals surface area contributed by atoms with Crippen LogP contribution >= 0.6 is 0 Å². The summed E-state index contributed by atoms with van der Waals surface area (Å²) in [6.45, 7) is 16.2. The quantitative estimate of drug-likeness (QED) is 0.451. The molecule has 0 atom stereocenters. The van der Waals surface area contributed by atoms with Crippen LogP contribution in [0.2, 0.25) is 0 Å². The molecule has 0 aromatic heterocycles. The maximum atomic E-state index is 4.60. The summed E-state index contributed by atoms with van der Waals surface area (Å²) < 4.78 is 0. The van der Waals surface area contributed by atoms with Gasteiger partial charge in [-0.2, -0.15) is 0 Å². The van der Waals surface area contributed by atoms with Gasteiger partial charge in [-0.25, -0.2) is 0 Å². The Labute approximate surface area is 93.5 Å². The van der Waals surface area contributed by atoms with E-state index >= 15 is 0 Å². The molecule has 0 aromatic carbocycles. The summed E-state index contributed by atoms with van der Waals surface area (Å²) in [4.78, 5) is 0. The van der Waals surface area contributed by atoms with Crippen molar-refractivity contribution in [2.45, 2.75) is 74.7 Å². The summed E-state index contributed by atoms with van der Waals surface area (Å²) in [6.07, 6.45) is 8.82. The minimum atomic E-state index is 1.08. The summed E-state index contributed by atoms with van der Waals surface area (Å²) in [5.74, 6) is 3.33. The van der Waals surface area contributed by atoms with Crippen molar-refractivity contribution in [3.05, 3.63) is 0 Å². The highest BCUT2D eigenvalue weighted by molar-refractivity contribution is 4.73. The monoisotopic (exact) mass is 200 g/mol. The third-order valence-corrected chi connectivity index (χ3v) is 0.866. The van der Waals surface area contributed by atoms with Crippen molar-refractivity contribution in [3.63, 3.8) is 0 Å². The molecule has 1 rings (SSSR count). The lowest BCUT2D eigenvalue weighted by molar-refractivity contribution is 0.983. The van der Waals surface area contributed by atoms with Crippen molar-refractivity contribution in [1.82, 2.24) is 0 Å². The Balaban J connectivity index is -0.0000000465. The Bertz CT molecular complexity index is 72.5. The molecule has 1 saturated carbocycles. The van der Waals surface area contributed by atoms with E-state index in [1.54, 1.807) is 6.92 Å². The van der Waals surface area contributed by atoms with E-state index in [-0.39, 0.29) is 0 Å². The van der Waals surface area contributed by atoms with Crippen LogP contribution in [0.25, 0.3) is 0 Å². The molecule has 0 amide bonds. The van der Waals surface area contributed by atoms with Crippen LogP contribution in [0, 0.1) is 18.3 Å². The molecule has 0 bridgehead atoms. The molecule has 1 aliphatic carbocycles. The largest absolute Gasteiger partial charge is 0.120 e. The molecule has 0 spiro atoms. The fourth-order valence-electron chi connectivity index (χ4n) is 0.167. The molecular formula is C14H32. The first-order valence-corrected chi connectivity index (χ1v) is 6.10. The smallest absolute Gasteiger partial charge is 0.00297 e. The maximum Gasteiger partial charge on any atom is -0.00297 e. The molecular weight excluding hydrogens is 168 g/mol. The van der Waals surface area contributed by atoms with Gasteiger partial charge in [0.05, 0.1) is 0 Å². The Morgan fingerprint density at radius 1 is 1.07 bits per heavy atom. The lowest BCUT2D eigenvalue weighted by atomic mass is 10.5. The van der Waals surface area contributed by atoms with Crippen molar-refractivity contribution in [2.24, 2.45) is 5.92 Å². The standard InChI is InChI=1S/C4H8.C3H8.C3H4.2C2H6/c1-4-2-3-4;2*1-3-2;2*1-2/h4H,2-3H2,1H3;3H2,1-2H3;1H,2H3;2*1-2H3. The highest BCUT2D eigenvalue weighted by Crippen LogP contribution is 2.26. The van der Waals surface area contributed by atoms with Crippen LogP contribution in [0.4, 0.5) is 0 Å². The van der Waals surface area contributed by atoms with Crippen LogP contribution in [0.15, 0.2) is 0 Å². The lowest BCUT2D eigenvalue weighted by Gasteiger charge is -1.53. The van der Waals surface area contributed by atoms with E-state index < -0.39 is 0 Å². The number of hydrogen-bond acceptors (Lipinski definition) is 0. The van der Waals surface area contributed by atoms with Crippen LogP contribution in [0.1, 0.15) is 74.7 Å². The van der Waals surface area contributed by atoms with Gasteiger partial charge in [0.2, 0.25) is 0 Å². The molecule has 0 nitrogen and oxygen atoms in total. The first-order chi connectivity index (χ1) is 6.72. The van der Waals surface area contributed by atoms with Gasteiger partial charge in [0.25, 0.3) is 0 Å². The van der Waals surface area contributed by atoms with E-state index in [0.29, 0.717) is 0 Å². The molecule has 1 aliphatic rings. The molecule has 0 aliphatic heterocycles. The summed E-state index contributed by atoms with van der Waals surface area (Å²) in [5.41, 5.74) is 0. The third kappa shape index (κ3) is 197. The van der Waals surface area contributed by atoms with Gasteiger partial charge in [-0.1, -0.05) is 67.7 Å². The predicted octanol–water partition coefficient (Wildman–Crippen LogP) is 5.52. The summed E-state index contributed by atoms with van der Waals surface area (Å²) in [5, 5.41) is 0. The average Bonchev–Trinajstić information content (AvgIpc) is 2.97. The van der Waals surface area contributed by atoms with Gasteiger partial charge in [0.1, 0.15) is 0 Å². The SMILES string of the molecule is C#CC.CC.CC.CC1CC1.CCC. The van der Waals surface area contributed by atoms with Gasteiger partial charge in [-0.3, -0.25) is 0 Å². The fourth-order valence-corrected chi connectivity index (χ4v) is 0.167. The van der Waals surface area contributed by atoms with Crippen LogP contribution in [0.5, 0.6) is 0 Å². The Kier molecular flexibility index (Phi) is 65.2. The number of rotatable bonds is 0. The first kappa shape index (κ1) is 23.4. The molecule has 0 radical (unpaired) electrons. The van der Waals surface area contributed by atoms with Crippen molar-refractivity contribution in [1.29, 1.82) is 0 Å². The Morgan fingerprint density at radius 3 is 1.14 bits per heavy atom. The van der Waals surface area contributed by atoms with E-state index in [1.807, 2.05) is 27.7 Å². The number of hydrogen-bond donors (Lipinski definition) is 0. The molecule has 14 heavy (non-hydrogen) atoms. The molecule has 0 saturated heterocycles. The Morgan fingerprint density at radius 2 is 1.14 bits per heavy atom. The van der Waals surface area contributed by atoms with Crippen LogP contribution in [-0.2, 0) is 0 Å². The van der Waals surface area contributed by atoms with Crippen molar-refractivity contribution < 1.29 is 0 Å². The molecule has 88 valence electrons. The van der Waals surface area contributed by atoms with E-state index in [2.05, 4.69) is 33.1 Å². The van der Waals surface area contributed by atoms with Gasteiger partial charge in [-0.15, -0.1) is 12.3 Å². The zero-order valence-electron chi connectivity index (χ0n) is 11.8. The molecule has 0 heteroatoms. The van der Waals surface area contributed by atoms with E-state index in [1.165, 1.54) is 19.3 Å². The highest BCUT2D eigenvalue weighted by atomic mass is 14.2. The minimum Gasteiger partial charge on any atom is -0.120 e. The molecule has 0 aromatic rings. The lowest BCUT2D eigenvalue weighted by Crippen LogP contribution is -1.42. The number of terminal acetylenes is 1. The zero-order chi connectivity index (χ0) is 12.4. The van der Waals surface area contributed by atoms with Gasteiger partial charge in [0, 0.05) is 0 Å². The summed E-state index contributed by atoms with van der Waals surface area (Å²) >= 11 is 0. The van der Waals surface area contributed by atoms with Crippen molar-refractivity contribution in [3.8, 4) is 12.3 Å².